The third kappa shape index (κ3) is 4.03. The molecule has 2 saturated heterocycles. The lowest BCUT2D eigenvalue weighted by atomic mass is 9.80. The van der Waals surface area contributed by atoms with Gasteiger partial charge in [-0.25, -0.2) is 4.39 Å². The van der Waals surface area contributed by atoms with Gasteiger partial charge in [0.25, 0.3) is 0 Å². The second-order valence-corrected chi connectivity index (χ2v) is 8.18. The van der Waals surface area contributed by atoms with Gasteiger partial charge in [-0.05, 0) is 56.4 Å². The molecule has 4 nitrogen and oxygen atoms in total. The standard InChI is InChI=1S/C25H28FNO3/c1-3-13-30-23-12-9-18(14-24(23)29-4-2)17-27-19-10-11-20(27)16-25(28,15-19)21-7-5-6-8-22(21)26/h1,5-9,12,14,19-20,28H,4,10-11,13,15-17H2,2H3. The maximum absolute atomic E-state index is 14.4. The van der Waals surface area contributed by atoms with E-state index < -0.39 is 5.60 Å². The van der Waals surface area contributed by atoms with Gasteiger partial charge in [0.05, 0.1) is 12.2 Å². The van der Waals surface area contributed by atoms with Crippen molar-refractivity contribution < 1.29 is 19.0 Å². The Bertz CT molecular complexity index is 924. The van der Waals surface area contributed by atoms with Crippen LogP contribution in [0.15, 0.2) is 42.5 Å². The van der Waals surface area contributed by atoms with Crippen molar-refractivity contribution >= 4 is 0 Å². The summed E-state index contributed by atoms with van der Waals surface area (Å²) in [4.78, 5) is 2.45. The van der Waals surface area contributed by atoms with Crippen LogP contribution in [0.25, 0.3) is 0 Å². The van der Waals surface area contributed by atoms with E-state index in [9.17, 15) is 9.50 Å². The molecule has 0 radical (unpaired) electrons. The van der Waals surface area contributed by atoms with Crippen molar-refractivity contribution in [2.45, 2.75) is 56.8 Å². The number of aliphatic hydroxyl groups is 1. The topological polar surface area (TPSA) is 41.9 Å². The highest BCUT2D eigenvalue weighted by Gasteiger charge is 2.48. The normalized spacial score (nSPS) is 25.7. The zero-order chi connectivity index (χ0) is 21.1. The van der Waals surface area contributed by atoms with Gasteiger partial charge in [0.2, 0.25) is 0 Å². The van der Waals surface area contributed by atoms with Crippen LogP contribution in [0.3, 0.4) is 0 Å². The van der Waals surface area contributed by atoms with Gasteiger partial charge < -0.3 is 14.6 Å². The summed E-state index contributed by atoms with van der Waals surface area (Å²) in [5.74, 6) is 3.49. The summed E-state index contributed by atoms with van der Waals surface area (Å²) in [7, 11) is 0. The maximum atomic E-state index is 14.4. The quantitative estimate of drug-likeness (QED) is 0.694. The van der Waals surface area contributed by atoms with E-state index in [0.29, 0.717) is 36.5 Å². The third-order valence-electron chi connectivity index (χ3n) is 6.28. The lowest BCUT2D eigenvalue weighted by Crippen LogP contribution is -2.49. The average molecular weight is 410 g/mol. The molecule has 2 aliphatic heterocycles. The van der Waals surface area contributed by atoms with Crippen LogP contribution in [0, 0.1) is 18.2 Å². The molecule has 0 spiro atoms. The van der Waals surface area contributed by atoms with Crippen LogP contribution < -0.4 is 9.47 Å². The SMILES string of the molecule is C#CCOc1ccc(CN2C3CCC2CC(O)(c2ccccc2F)C3)cc1OCC. The largest absolute Gasteiger partial charge is 0.490 e. The molecule has 2 aromatic carbocycles. The Morgan fingerprint density at radius 3 is 2.53 bits per heavy atom. The van der Waals surface area contributed by atoms with E-state index >= 15 is 0 Å². The Kier molecular flexibility index (Phi) is 5.99. The number of terminal acetylenes is 1. The minimum absolute atomic E-state index is 0.199. The van der Waals surface area contributed by atoms with Crippen molar-refractivity contribution in [1.29, 1.82) is 0 Å². The Hall–Kier alpha value is -2.55. The number of benzene rings is 2. The number of halogens is 1. The summed E-state index contributed by atoms with van der Waals surface area (Å²) < 4.78 is 25.7. The number of hydrogen-bond donors (Lipinski definition) is 1. The van der Waals surface area contributed by atoms with Crippen molar-refractivity contribution in [2.75, 3.05) is 13.2 Å². The first-order valence-electron chi connectivity index (χ1n) is 10.6. The van der Waals surface area contributed by atoms with Crippen LogP contribution in [-0.2, 0) is 12.1 Å². The molecule has 0 aromatic heterocycles. The zero-order valence-electron chi connectivity index (χ0n) is 17.3. The molecular weight excluding hydrogens is 381 g/mol. The van der Waals surface area contributed by atoms with Crippen LogP contribution in [0.1, 0.15) is 43.7 Å². The lowest BCUT2D eigenvalue weighted by Gasteiger charge is -2.44. The fourth-order valence-electron chi connectivity index (χ4n) is 5.00. The highest BCUT2D eigenvalue weighted by molar-refractivity contribution is 5.43. The van der Waals surface area contributed by atoms with Gasteiger partial charge in [-0.15, -0.1) is 6.42 Å². The number of nitrogens with zero attached hydrogens (tertiary/aromatic N) is 1. The second-order valence-electron chi connectivity index (χ2n) is 8.18. The van der Waals surface area contributed by atoms with Crippen LogP contribution in [0.5, 0.6) is 11.5 Å². The molecule has 2 atom stereocenters. The van der Waals surface area contributed by atoms with E-state index in [2.05, 4.69) is 10.8 Å². The zero-order valence-corrected chi connectivity index (χ0v) is 17.3. The summed E-state index contributed by atoms with van der Waals surface area (Å²) in [5, 5.41) is 11.3. The van der Waals surface area contributed by atoms with Crippen LogP contribution in [-0.4, -0.2) is 35.3 Å². The summed E-state index contributed by atoms with van der Waals surface area (Å²) in [5.41, 5.74) is 0.451. The highest BCUT2D eigenvalue weighted by Crippen LogP contribution is 2.47. The predicted octanol–water partition coefficient (Wildman–Crippen LogP) is 4.25. The minimum Gasteiger partial charge on any atom is -0.490 e. The number of piperidine rings is 1. The average Bonchev–Trinajstić information content (AvgIpc) is 2.97. The first kappa shape index (κ1) is 20.7. The van der Waals surface area contributed by atoms with E-state index in [4.69, 9.17) is 15.9 Å². The monoisotopic (exact) mass is 409 g/mol. The molecule has 0 amide bonds. The Labute approximate surface area is 177 Å². The Morgan fingerprint density at radius 2 is 1.87 bits per heavy atom. The van der Waals surface area contributed by atoms with Gasteiger partial charge in [0.15, 0.2) is 11.5 Å². The van der Waals surface area contributed by atoms with Gasteiger partial charge in [-0.3, -0.25) is 4.90 Å². The second kappa shape index (κ2) is 8.67. The number of rotatable bonds is 7. The molecule has 2 aromatic rings. The maximum Gasteiger partial charge on any atom is 0.162 e. The Balaban J connectivity index is 1.51. The van der Waals surface area contributed by atoms with Gasteiger partial charge in [0, 0.05) is 24.2 Å². The predicted molar refractivity (Wildman–Crippen MR) is 114 cm³/mol. The fraction of sp³-hybridized carbons (Fsp3) is 0.440. The van der Waals surface area contributed by atoms with E-state index in [0.717, 1.165) is 24.9 Å². The molecule has 5 heteroatoms. The van der Waals surface area contributed by atoms with Crippen molar-refractivity contribution in [3.63, 3.8) is 0 Å². The van der Waals surface area contributed by atoms with E-state index in [1.54, 1.807) is 18.2 Å². The number of fused-ring (bicyclic) bond motifs is 2. The Morgan fingerprint density at radius 1 is 1.13 bits per heavy atom. The molecule has 2 aliphatic rings. The molecule has 158 valence electrons. The molecular formula is C25H28FNO3. The van der Waals surface area contributed by atoms with Crippen molar-refractivity contribution in [2.24, 2.45) is 0 Å². The van der Waals surface area contributed by atoms with Crippen LogP contribution in [0.4, 0.5) is 4.39 Å². The first-order chi connectivity index (χ1) is 14.5. The lowest BCUT2D eigenvalue weighted by molar-refractivity contribution is -0.0615. The molecule has 0 aliphatic carbocycles. The smallest absolute Gasteiger partial charge is 0.162 e. The summed E-state index contributed by atoms with van der Waals surface area (Å²) in [6.45, 7) is 3.44. The summed E-state index contributed by atoms with van der Waals surface area (Å²) in [6, 6.07) is 13.0. The molecule has 2 bridgehead atoms. The fourth-order valence-corrected chi connectivity index (χ4v) is 5.00. The van der Waals surface area contributed by atoms with Gasteiger partial charge >= 0.3 is 0 Å². The summed E-state index contributed by atoms with van der Waals surface area (Å²) in [6.07, 6.45) is 8.43. The molecule has 4 rings (SSSR count). The van der Waals surface area contributed by atoms with Gasteiger partial charge in [-0.1, -0.05) is 30.2 Å². The third-order valence-corrected chi connectivity index (χ3v) is 6.28. The minimum atomic E-state index is -1.10. The van der Waals surface area contributed by atoms with E-state index in [1.807, 2.05) is 25.1 Å². The van der Waals surface area contributed by atoms with Crippen molar-refractivity contribution in [1.82, 2.24) is 4.90 Å². The molecule has 1 N–H and O–H groups in total. The van der Waals surface area contributed by atoms with Crippen molar-refractivity contribution in [3.8, 4) is 23.8 Å². The van der Waals surface area contributed by atoms with Crippen LogP contribution >= 0.6 is 0 Å². The van der Waals surface area contributed by atoms with Gasteiger partial charge in [0.1, 0.15) is 12.4 Å². The highest BCUT2D eigenvalue weighted by atomic mass is 19.1. The van der Waals surface area contributed by atoms with E-state index in [-0.39, 0.29) is 24.5 Å². The molecule has 30 heavy (non-hydrogen) atoms. The molecule has 0 saturated carbocycles. The van der Waals surface area contributed by atoms with E-state index in [1.165, 1.54) is 6.07 Å². The van der Waals surface area contributed by atoms with Crippen molar-refractivity contribution in [3.05, 3.63) is 59.4 Å². The molecule has 2 unspecified atom stereocenters. The number of hydrogen-bond acceptors (Lipinski definition) is 4. The van der Waals surface area contributed by atoms with Crippen LogP contribution in [0.2, 0.25) is 0 Å². The summed E-state index contributed by atoms with van der Waals surface area (Å²) >= 11 is 0. The number of ether oxygens (including phenoxy) is 2. The molecule has 2 heterocycles. The van der Waals surface area contributed by atoms with Gasteiger partial charge in [-0.2, -0.15) is 0 Å². The first-order valence-corrected chi connectivity index (χ1v) is 10.6. The molecule has 2 fully saturated rings.